The van der Waals surface area contributed by atoms with Crippen molar-refractivity contribution in [1.82, 2.24) is 10.2 Å². The summed E-state index contributed by atoms with van der Waals surface area (Å²) in [6.07, 6.45) is 6.92. The van der Waals surface area contributed by atoms with Crippen LogP contribution in [0.5, 0.6) is 0 Å². The van der Waals surface area contributed by atoms with Crippen molar-refractivity contribution in [3.8, 4) is 0 Å². The molecule has 2 rings (SSSR count). The van der Waals surface area contributed by atoms with Gasteiger partial charge in [-0.25, -0.2) is 4.79 Å². The molecule has 21 heavy (non-hydrogen) atoms. The van der Waals surface area contributed by atoms with Crippen LogP contribution in [-0.4, -0.2) is 43.8 Å². The molecule has 2 aliphatic heterocycles. The van der Waals surface area contributed by atoms with Gasteiger partial charge in [0.25, 0.3) is 0 Å². The Hall–Kier alpha value is -1.39. The monoisotopic (exact) mass is 290 g/mol. The van der Waals surface area contributed by atoms with Crippen LogP contribution < -0.4 is 5.32 Å². The molecule has 2 aliphatic rings. The molecule has 1 unspecified atom stereocenters. The highest BCUT2D eigenvalue weighted by atomic mass is 16.5. The first kappa shape index (κ1) is 16.0. The van der Waals surface area contributed by atoms with E-state index < -0.39 is 0 Å². The smallest absolute Gasteiger partial charge is 0.334 e. The van der Waals surface area contributed by atoms with Gasteiger partial charge in [0, 0.05) is 31.9 Å². The number of allylic oxidation sites excluding steroid dienone is 3. The van der Waals surface area contributed by atoms with E-state index >= 15 is 0 Å². The maximum absolute atomic E-state index is 11.6. The van der Waals surface area contributed by atoms with Gasteiger partial charge in [-0.05, 0) is 43.4 Å². The average Bonchev–Trinajstić information content (AvgIpc) is 2.51. The summed E-state index contributed by atoms with van der Waals surface area (Å²) < 4.78 is 5.17. The molecule has 1 atom stereocenters. The van der Waals surface area contributed by atoms with E-state index in [4.69, 9.17) is 4.74 Å². The van der Waals surface area contributed by atoms with E-state index in [1.165, 1.54) is 11.1 Å². The number of hydrogen-bond donors (Lipinski definition) is 1. The second kappa shape index (κ2) is 7.57. The first-order chi connectivity index (χ1) is 10.1. The predicted molar refractivity (Wildman–Crippen MR) is 84.8 cm³/mol. The van der Waals surface area contributed by atoms with E-state index in [0.29, 0.717) is 18.1 Å². The SMILES string of the molecule is C\C1=C/C=C(CCN2CNCC(C)C2)\C(C)=C\COC1=O. The lowest BCUT2D eigenvalue weighted by molar-refractivity contribution is -0.137. The molecular formula is C17H26N2O2. The fourth-order valence-corrected chi connectivity index (χ4v) is 2.68. The Morgan fingerprint density at radius 2 is 2.14 bits per heavy atom. The second-order valence-electron chi connectivity index (χ2n) is 6.07. The molecule has 0 bridgehead atoms. The molecule has 4 heteroatoms. The Morgan fingerprint density at radius 1 is 1.33 bits per heavy atom. The second-order valence-corrected chi connectivity index (χ2v) is 6.07. The van der Waals surface area contributed by atoms with Gasteiger partial charge >= 0.3 is 5.97 Å². The summed E-state index contributed by atoms with van der Waals surface area (Å²) in [6.45, 7) is 10.8. The Kier molecular flexibility index (Phi) is 5.76. The van der Waals surface area contributed by atoms with Crippen molar-refractivity contribution in [3.05, 3.63) is 34.9 Å². The highest BCUT2D eigenvalue weighted by Crippen LogP contribution is 2.18. The Bertz CT molecular complexity index is 477. The van der Waals surface area contributed by atoms with Gasteiger partial charge in [0.2, 0.25) is 0 Å². The molecule has 0 amide bonds. The van der Waals surface area contributed by atoms with Crippen LogP contribution in [0.1, 0.15) is 27.2 Å². The molecule has 116 valence electrons. The van der Waals surface area contributed by atoms with E-state index in [1.807, 2.05) is 12.2 Å². The van der Waals surface area contributed by atoms with Crippen LogP contribution in [0.15, 0.2) is 34.9 Å². The van der Waals surface area contributed by atoms with E-state index in [-0.39, 0.29) is 5.97 Å². The Morgan fingerprint density at radius 3 is 2.90 bits per heavy atom. The van der Waals surface area contributed by atoms with Gasteiger partial charge in [0.15, 0.2) is 0 Å². The number of ether oxygens (including phenoxy) is 1. The maximum atomic E-state index is 11.6. The number of carbonyl (C=O) groups is 1. The molecule has 0 spiro atoms. The largest absolute Gasteiger partial charge is 0.458 e. The number of esters is 1. The van der Waals surface area contributed by atoms with E-state index in [2.05, 4.69) is 30.1 Å². The normalized spacial score (nSPS) is 32.4. The zero-order chi connectivity index (χ0) is 15.2. The standard InChI is InChI=1S/C17H26N2O2/c1-13-10-18-12-19(11-13)8-6-16-5-4-15(3)17(20)21-9-7-14(16)2/h4-5,7,13,18H,6,8-12H2,1-3H3/b14-7+,15-4+,16-5-. The summed E-state index contributed by atoms with van der Waals surface area (Å²) in [5.74, 6) is 0.476. The molecule has 1 fully saturated rings. The Balaban J connectivity index is 2.01. The molecule has 0 aromatic rings. The fraction of sp³-hybridized carbons (Fsp3) is 0.588. The van der Waals surface area contributed by atoms with Crippen LogP contribution in [0.4, 0.5) is 0 Å². The number of rotatable bonds is 3. The molecule has 0 aromatic heterocycles. The Labute approximate surface area is 127 Å². The molecule has 1 saturated heterocycles. The molecular weight excluding hydrogens is 264 g/mol. The highest BCUT2D eigenvalue weighted by molar-refractivity contribution is 5.88. The number of cyclic esters (lactones) is 1. The topological polar surface area (TPSA) is 41.6 Å². The predicted octanol–water partition coefficient (Wildman–Crippen LogP) is 2.25. The minimum atomic E-state index is -0.231. The van der Waals surface area contributed by atoms with Crippen LogP contribution in [0.25, 0.3) is 0 Å². The summed E-state index contributed by atoms with van der Waals surface area (Å²) in [5.41, 5.74) is 3.14. The molecule has 4 nitrogen and oxygen atoms in total. The van der Waals surface area contributed by atoms with Crippen LogP contribution in [0.3, 0.4) is 0 Å². The molecule has 0 radical (unpaired) electrons. The van der Waals surface area contributed by atoms with Gasteiger partial charge in [-0.3, -0.25) is 4.90 Å². The van der Waals surface area contributed by atoms with Crippen LogP contribution in [-0.2, 0) is 9.53 Å². The first-order valence-corrected chi connectivity index (χ1v) is 7.71. The van der Waals surface area contributed by atoms with Crippen molar-refractivity contribution >= 4 is 5.97 Å². The van der Waals surface area contributed by atoms with Gasteiger partial charge in [-0.2, -0.15) is 0 Å². The van der Waals surface area contributed by atoms with Gasteiger partial charge in [0.05, 0.1) is 0 Å². The molecule has 2 heterocycles. The zero-order valence-electron chi connectivity index (χ0n) is 13.3. The lowest BCUT2D eigenvalue weighted by atomic mass is 10.0. The zero-order valence-corrected chi connectivity index (χ0v) is 13.3. The van der Waals surface area contributed by atoms with Gasteiger partial charge < -0.3 is 10.1 Å². The van der Waals surface area contributed by atoms with Gasteiger partial charge in [-0.15, -0.1) is 0 Å². The number of nitrogens with one attached hydrogen (secondary N) is 1. The first-order valence-electron chi connectivity index (χ1n) is 7.71. The minimum absolute atomic E-state index is 0.231. The van der Waals surface area contributed by atoms with Crippen molar-refractivity contribution in [2.24, 2.45) is 5.92 Å². The maximum Gasteiger partial charge on any atom is 0.334 e. The van der Waals surface area contributed by atoms with Crippen LogP contribution in [0.2, 0.25) is 0 Å². The van der Waals surface area contributed by atoms with Gasteiger partial charge in [0.1, 0.15) is 6.61 Å². The molecule has 1 N–H and O–H groups in total. The summed E-state index contributed by atoms with van der Waals surface area (Å²) in [6, 6.07) is 0. The van der Waals surface area contributed by atoms with Crippen molar-refractivity contribution < 1.29 is 9.53 Å². The summed E-state index contributed by atoms with van der Waals surface area (Å²) in [5, 5.41) is 3.44. The number of carbonyl (C=O) groups excluding carboxylic acids is 1. The van der Waals surface area contributed by atoms with E-state index in [0.717, 1.165) is 32.7 Å². The van der Waals surface area contributed by atoms with Crippen molar-refractivity contribution in [2.45, 2.75) is 27.2 Å². The third kappa shape index (κ3) is 4.83. The highest BCUT2D eigenvalue weighted by Gasteiger charge is 2.16. The number of nitrogens with zero attached hydrogens (tertiary/aromatic N) is 1. The van der Waals surface area contributed by atoms with Crippen LogP contribution in [0, 0.1) is 5.92 Å². The van der Waals surface area contributed by atoms with Crippen molar-refractivity contribution in [1.29, 1.82) is 0 Å². The van der Waals surface area contributed by atoms with Crippen molar-refractivity contribution in [2.75, 3.05) is 32.9 Å². The quantitative estimate of drug-likeness (QED) is 0.810. The average molecular weight is 290 g/mol. The van der Waals surface area contributed by atoms with Gasteiger partial charge in [-0.1, -0.05) is 19.1 Å². The lowest BCUT2D eigenvalue weighted by Crippen LogP contribution is -2.46. The summed E-state index contributed by atoms with van der Waals surface area (Å²) in [4.78, 5) is 14.1. The summed E-state index contributed by atoms with van der Waals surface area (Å²) >= 11 is 0. The minimum Gasteiger partial charge on any atom is -0.458 e. The lowest BCUT2D eigenvalue weighted by Gasteiger charge is -2.31. The molecule has 0 saturated carbocycles. The van der Waals surface area contributed by atoms with E-state index in [1.54, 1.807) is 6.92 Å². The third-order valence-corrected chi connectivity index (χ3v) is 4.06. The van der Waals surface area contributed by atoms with E-state index in [9.17, 15) is 4.79 Å². The molecule has 0 aromatic carbocycles. The van der Waals surface area contributed by atoms with Crippen LogP contribution >= 0.6 is 0 Å². The van der Waals surface area contributed by atoms with Crippen molar-refractivity contribution in [3.63, 3.8) is 0 Å². The molecule has 0 aliphatic carbocycles. The third-order valence-electron chi connectivity index (χ3n) is 4.06. The summed E-state index contributed by atoms with van der Waals surface area (Å²) in [7, 11) is 0. The fourth-order valence-electron chi connectivity index (χ4n) is 2.68. The number of hydrogen-bond acceptors (Lipinski definition) is 4.